The van der Waals surface area contributed by atoms with Crippen LogP contribution in [0.5, 0.6) is 0 Å². The summed E-state index contributed by atoms with van der Waals surface area (Å²) in [7, 11) is 1.88. The number of thiazole rings is 1. The van der Waals surface area contributed by atoms with E-state index in [9.17, 15) is 4.79 Å². The molecular weight excluding hydrogens is 420 g/mol. The minimum atomic E-state index is -0.133. The fourth-order valence-corrected chi connectivity index (χ4v) is 5.37. The normalized spacial score (nSPS) is 16.6. The molecule has 1 saturated heterocycles. The molecule has 1 atom stereocenters. The van der Waals surface area contributed by atoms with E-state index in [4.69, 9.17) is 4.98 Å². The van der Waals surface area contributed by atoms with E-state index >= 15 is 0 Å². The molecule has 32 heavy (non-hydrogen) atoms. The SMILES string of the molecule is CC(C(=O)N(C)Cc1nc2ccccc2s1)N1CCN(Cc2cn3ccccc3n2)CC1. The van der Waals surface area contributed by atoms with Gasteiger partial charge in [-0.05, 0) is 31.2 Å². The van der Waals surface area contributed by atoms with Crippen molar-refractivity contribution in [2.75, 3.05) is 33.2 Å². The minimum Gasteiger partial charge on any atom is -0.338 e. The Kier molecular flexibility index (Phi) is 5.91. The third-order valence-corrected chi connectivity index (χ3v) is 7.22. The molecule has 4 heterocycles. The van der Waals surface area contributed by atoms with Crippen LogP contribution in [0.3, 0.4) is 0 Å². The highest BCUT2D eigenvalue weighted by atomic mass is 32.1. The van der Waals surface area contributed by atoms with Gasteiger partial charge in [0.1, 0.15) is 10.7 Å². The largest absolute Gasteiger partial charge is 0.338 e. The summed E-state index contributed by atoms with van der Waals surface area (Å²) in [6.45, 7) is 7.06. The number of nitrogens with zero attached hydrogens (tertiary/aromatic N) is 6. The van der Waals surface area contributed by atoms with Gasteiger partial charge in [0.05, 0.1) is 28.5 Å². The van der Waals surface area contributed by atoms with Gasteiger partial charge in [-0.15, -0.1) is 11.3 Å². The van der Waals surface area contributed by atoms with E-state index in [1.807, 2.05) is 61.5 Å². The Morgan fingerprint density at radius 1 is 1.09 bits per heavy atom. The number of fused-ring (bicyclic) bond motifs is 2. The van der Waals surface area contributed by atoms with Gasteiger partial charge in [0.15, 0.2) is 0 Å². The maximum Gasteiger partial charge on any atom is 0.239 e. The number of hydrogen-bond donors (Lipinski definition) is 0. The zero-order chi connectivity index (χ0) is 22.1. The van der Waals surface area contributed by atoms with E-state index in [0.29, 0.717) is 6.54 Å². The Bertz CT molecular complexity index is 1160. The Morgan fingerprint density at radius 2 is 1.88 bits per heavy atom. The molecule has 1 amide bonds. The van der Waals surface area contributed by atoms with Crippen molar-refractivity contribution in [3.63, 3.8) is 0 Å². The predicted octanol–water partition coefficient (Wildman–Crippen LogP) is 3.11. The van der Waals surface area contributed by atoms with Crippen LogP contribution in [0.1, 0.15) is 17.6 Å². The molecule has 7 nitrogen and oxygen atoms in total. The number of likely N-dealkylation sites (N-methyl/N-ethyl adjacent to an activating group) is 1. The molecule has 0 N–H and O–H groups in total. The number of aromatic nitrogens is 3. The molecule has 4 aromatic rings. The predicted molar refractivity (Wildman–Crippen MR) is 128 cm³/mol. The number of amides is 1. The second kappa shape index (κ2) is 8.97. The number of hydrogen-bond acceptors (Lipinski definition) is 6. The minimum absolute atomic E-state index is 0.133. The van der Waals surface area contributed by atoms with Crippen LogP contribution in [-0.2, 0) is 17.9 Å². The van der Waals surface area contributed by atoms with Crippen molar-refractivity contribution in [3.8, 4) is 0 Å². The Hall–Kier alpha value is -2.81. The summed E-state index contributed by atoms with van der Waals surface area (Å²) < 4.78 is 3.23. The van der Waals surface area contributed by atoms with E-state index in [-0.39, 0.29) is 11.9 Å². The Balaban J connectivity index is 1.14. The molecule has 166 valence electrons. The molecule has 0 saturated carbocycles. The number of rotatable bonds is 6. The lowest BCUT2D eigenvalue weighted by Gasteiger charge is -2.38. The highest BCUT2D eigenvalue weighted by Crippen LogP contribution is 2.23. The highest BCUT2D eigenvalue weighted by Gasteiger charge is 2.28. The molecule has 0 radical (unpaired) electrons. The third-order valence-electron chi connectivity index (χ3n) is 6.20. The van der Waals surface area contributed by atoms with Crippen molar-refractivity contribution in [2.24, 2.45) is 0 Å². The van der Waals surface area contributed by atoms with Crippen LogP contribution in [0, 0.1) is 0 Å². The molecule has 8 heteroatoms. The first-order valence-corrected chi connectivity index (χ1v) is 11.9. The summed E-state index contributed by atoms with van der Waals surface area (Å²) >= 11 is 1.66. The molecule has 1 aliphatic heterocycles. The number of para-hydroxylation sites is 1. The van der Waals surface area contributed by atoms with Gasteiger partial charge in [-0.3, -0.25) is 14.6 Å². The maximum atomic E-state index is 13.1. The van der Waals surface area contributed by atoms with Crippen LogP contribution >= 0.6 is 11.3 Å². The quantitative estimate of drug-likeness (QED) is 0.454. The number of imidazole rings is 1. The first kappa shape index (κ1) is 21.1. The maximum absolute atomic E-state index is 13.1. The lowest BCUT2D eigenvalue weighted by molar-refractivity contribution is -0.136. The fourth-order valence-electron chi connectivity index (χ4n) is 4.34. The van der Waals surface area contributed by atoms with E-state index in [2.05, 4.69) is 31.4 Å². The first-order valence-electron chi connectivity index (χ1n) is 11.1. The molecule has 1 fully saturated rings. The van der Waals surface area contributed by atoms with E-state index in [0.717, 1.165) is 59.3 Å². The second-order valence-corrected chi connectivity index (χ2v) is 9.57. The smallest absolute Gasteiger partial charge is 0.239 e. The van der Waals surface area contributed by atoms with Crippen LogP contribution in [0.2, 0.25) is 0 Å². The highest BCUT2D eigenvalue weighted by molar-refractivity contribution is 7.18. The number of pyridine rings is 1. The summed E-state index contributed by atoms with van der Waals surface area (Å²) in [6.07, 6.45) is 4.13. The van der Waals surface area contributed by atoms with Gasteiger partial charge in [-0.2, -0.15) is 0 Å². The molecule has 1 aromatic carbocycles. The third kappa shape index (κ3) is 4.39. The van der Waals surface area contributed by atoms with Crippen molar-refractivity contribution >= 4 is 33.1 Å². The van der Waals surface area contributed by atoms with Crippen molar-refractivity contribution in [2.45, 2.75) is 26.1 Å². The number of carbonyl (C=O) groups is 1. The van der Waals surface area contributed by atoms with E-state index in [1.165, 1.54) is 0 Å². The Morgan fingerprint density at radius 3 is 2.66 bits per heavy atom. The molecule has 0 aliphatic carbocycles. The molecule has 3 aromatic heterocycles. The summed E-state index contributed by atoms with van der Waals surface area (Å²) in [5, 5.41) is 0.978. The fraction of sp³-hybridized carbons (Fsp3) is 0.375. The monoisotopic (exact) mass is 448 g/mol. The first-order chi connectivity index (χ1) is 15.6. The Labute approximate surface area is 191 Å². The summed E-state index contributed by atoms with van der Waals surface area (Å²) in [5.74, 6) is 0.151. The molecule has 0 bridgehead atoms. The van der Waals surface area contributed by atoms with Crippen LogP contribution in [-0.4, -0.2) is 74.2 Å². The molecule has 0 spiro atoms. The van der Waals surface area contributed by atoms with Crippen LogP contribution in [0.25, 0.3) is 15.9 Å². The lowest BCUT2D eigenvalue weighted by atomic mass is 10.2. The van der Waals surface area contributed by atoms with Gasteiger partial charge in [-0.1, -0.05) is 18.2 Å². The summed E-state index contributed by atoms with van der Waals surface area (Å²) in [4.78, 5) is 29.0. The van der Waals surface area contributed by atoms with Crippen molar-refractivity contribution in [1.29, 1.82) is 0 Å². The van der Waals surface area contributed by atoms with Crippen molar-refractivity contribution in [3.05, 3.63) is 65.6 Å². The van der Waals surface area contributed by atoms with E-state index < -0.39 is 0 Å². The molecular formula is C24H28N6OS. The average Bonchev–Trinajstić information content (AvgIpc) is 3.41. The van der Waals surface area contributed by atoms with E-state index in [1.54, 1.807) is 11.3 Å². The standard InChI is InChI=1S/C24H28N6OS/c1-18(24(31)27(2)17-23-26-20-7-3-4-8-21(20)32-23)29-13-11-28(12-14-29)15-19-16-30-10-6-5-9-22(30)25-19/h3-10,16,18H,11-15,17H2,1-2H3. The van der Waals surface area contributed by atoms with Crippen molar-refractivity contribution in [1.82, 2.24) is 29.1 Å². The second-order valence-electron chi connectivity index (χ2n) is 8.46. The summed E-state index contributed by atoms with van der Waals surface area (Å²) in [6, 6.07) is 14.0. The van der Waals surface area contributed by atoms with Crippen LogP contribution < -0.4 is 0 Å². The van der Waals surface area contributed by atoms with Crippen molar-refractivity contribution < 1.29 is 4.79 Å². The molecule has 1 unspecified atom stereocenters. The lowest BCUT2D eigenvalue weighted by Crippen LogP contribution is -2.53. The van der Waals surface area contributed by atoms with Gasteiger partial charge in [0.25, 0.3) is 0 Å². The van der Waals surface area contributed by atoms with Crippen LogP contribution in [0.15, 0.2) is 54.9 Å². The van der Waals surface area contributed by atoms with Crippen LogP contribution in [0.4, 0.5) is 0 Å². The molecule has 1 aliphatic rings. The van der Waals surface area contributed by atoms with Gasteiger partial charge in [-0.25, -0.2) is 9.97 Å². The zero-order valence-electron chi connectivity index (χ0n) is 18.5. The zero-order valence-corrected chi connectivity index (χ0v) is 19.3. The number of carbonyl (C=O) groups excluding carboxylic acids is 1. The molecule has 5 rings (SSSR count). The average molecular weight is 449 g/mol. The van der Waals surface area contributed by atoms with Gasteiger partial charge < -0.3 is 9.30 Å². The van der Waals surface area contributed by atoms with Gasteiger partial charge >= 0.3 is 0 Å². The van der Waals surface area contributed by atoms with Gasteiger partial charge in [0.2, 0.25) is 5.91 Å². The number of piperazine rings is 1. The number of benzene rings is 1. The topological polar surface area (TPSA) is 57.0 Å². The summed E-state index contributed by atoms with van der Waals surface area (Å²) in [5.41, 5.74) is 3.07. The van der Waals surface area contributed by atoms with Gasteiger partial charge in [0, 0.05) is 52.2 Å².